The van der Waals surface area contributed by atoms with E-state index in [2.05, 4.69) is 20.5 Å². The summed E-state index contributed by atoms with van der Waals surface area (Å²) in [5, 5.41) is 10.3. The molecule has 0 saturated heterocycles. The van der Waals surface area contributed by atoms with Gasteiger partial charge in [-0.25, -0.2) is 4.98 Å². The number of aryl methyl sites for hydroxylation is 1. The first-order chi connectivity index (χ1) is 9.63. The molecule has 0 spiro atoms. The number of H-pyrrole nitrogens is 1. The van der Waals surface area contributed by atoms with Crippen LogP contribution in [-0.4, -0.2) is 26.8 Å². The lowest BCUT2D eigenvalue weighted by atomic mass is 10.2. The molecule has 2 rings (SSSR count). The normalized spacial score (nSPS) is 10.4. The van der Waals surface area contributed by atoms with Gasteiger partial charge >= 0.3 is 0 Å². The summed E-state index contributed by atoms with van der Waals surface area (Å²) in [6.07, 6.45) is 1.23. The average molecular weight is 291 g/mol. The lowest BCUT2D eigenvalue weighted by Crippen LogP contribution is -2.11. The van der Waals surface area contributed by atoms with E-state index < -0.39 is 0 Å². The fourth-order valence-corrected chi connectivity index (χ4v) is 2.41. The molecule has 0 aliphatic rings. The van der Waals surface area contributed by atoms with Crippen LogP contribution in [0.3, 0.4) is 0 Å². The molecule has 1 amide bonds. The van der Waals surface area contributed by atoms with Gasteiger partial charge < -0.3 is 11.1 Å². The molecular formula is C13H17N5OS. The van der Waals surface area contributed by atoms with Crippen LogP contribution >= 0.6 is 11.8 Å². The molecule has 0 atom stereocenters. The summed E-state index contributed by atoms with van der Waals surface area (Å²) in [6.45, 7) is 1.86. The van der Waals surface area contributed by atoms with Crippen molar-refractivity contribution in [1.82, 2.24) is 15.2 Å². The third-order valence-electron chi connectivity index (χ3n) is 2.53. The second kappa shape index (κ2) is 6.95. The number of hydrogen-bond acceptors (Lipinski definition) is 5. The molecule has 0 aliphatic heterocycles. The third kappa shape index (κ3) is 4.58. The van der Waals surface area contributed by atoms with Gasteiger partial charge in [0.25, 0.3) is 0 Å². The van der Waals surface area contributed by atoms with Crippen molar-refractivity contribution in [2.24, 2.45) is 0 Å². The first kappa shape index (κ1) is 14.4. The summed E-state index contributed by atoms with van der Waals surface area (Å²) in [5.41, 5.74) is 7.02. The van der Waals surface area contributed by atoms with Gasteiger partial charge in [-0.3, -0.25) is 9.89 Å². The number of amides is 1. The van der Waals surface area contributed by atoms with E-state index in [-0.39, 0.29) is 5.91 Å². The molecule has 0 radical (unpaired) electrons. The molecule has 0 saturated carbocycles. The predicted molar refractivity (Wildman–Crippen MR) is 80.6 cm³/mol. The molecule has 1 aromatic carbocycles. The van der Waals surface area contributed by atoms with Crippen molar-refractivity contribution in [2.45, 2.75) is 24.9 Å². The molecule has 0 fully saturated rings. The summed E-state index contributed by atoms with van der Waals surface area (Å²) in [7, 11) is 0. The van der Waals surface area contributed by atoms with Crippen molar-refractivity contribution in [1.29, 1.82) is 0 Å². The largest absolute Gasteiger partial charge is 0.399 e. The number of nitrogens with two attached hydrogens (primary N) is 1. The van der Waals surface area contributed by atoms with Gasteiger partial charge in [-0.1, -0.05) is 17.8 Å². The summed E-state index contributed by atoms with van der Waals surface area (Å²) in [4.78, 5) is 15.9. The zero-order valence-corrected chi connectivity index (χ0v) is 12.0. The minimum Gasteiger partial charge on any atom is -0.399 e. The molecule has 0 bridgehead atoms. The molecule has 0 unspecified atom stereocenters. The molecule has 0 aliphatic carbocycles. The van der Waals surface area contributed by atoms with Gasteiger partial charge in [0.05, 0.1) is 0 Å². The highest BCUT2D eigenvalue weighted by Gasteiger charge is 2.04. The Morgan fingerprint density at radius 3 is 3.05 bits per heavy atom. The fraction of sp³-hybridized carbons (Fsp3) is 0.308. The molecule has 4 N–H and O–H groups in total. The highest BCUT2D eigenvalue weighted by atomic mass is 32.2. The van der Waals surface area contributed by atoms with Gasteiger partial charge in [0, 0.05) is 23.5 Å². The number of rotatable bonds is 6. The number of aromatic nitrogens is 3. The maximum Gasteiger partial charge on any atom is 0.224 e. The predicted octanol–water partition coefficient (Wildman–Crippen LogP) is 2.21. The van der Waals surface area contributed by atoms with Crippen LogP contribution in [0.5, 0.6) is 0 Å². The first-order valence-electron chi connectivity index (χ1n) is 6.30. The summed E-state index contributed by atoms with van der Waals surface area (Å²) in [5.74, 6) is 1.59. The van der Waals surface area contributed by atoms with E-state index in [0.717, 1.165) is 28.8 Å². The van der Waals surface area contributed by atoms with Crippen molar-refractivity contribution in [3.63, 3.8) is 0 Å². The second-order valence-electron chi connectivity index (χ2n) is 4.33. The number of aromatic amines is 1. The van der Waals surface area contributed by atoms with Crippen LogP contribution in [0.2, 0.25) is 0 Å². The Morgan fingerprint density at radius 2 is 2.35 bits per heavy atom. The quantitative estimate of drug-likeness (QED) is 0.431. The fourth-order valence-electron chi connectivity index (χ4n) is 1.62. The van der Waals surface area contributed by atoms with Crippen molar-refractivity contribution in [3.8, 4) is 0 Å². The molecule has 2 aromatic rings. The van der Waals surface area contributed by atoms with Gasteiger partial charge in [0.2, 0.25) is 11.1 Å². The van der Waals surface area contributed by atoms with Crippen molar-refractivity contribution < 1.29 is 4.79 Å². The number of nitrogen functional groups attached to an aromatic ring is 1. The summed E-state index contributed by atoms with van der Waals surface area (Å²) < 4.78 is 0. The van der Waals surface area contributed by atoms with Crippen molar-refractivity contribution in [3.05, 3.63) is 30.1 Å². The van der Waals surface area contributed by atoms with Gasteiger partial charge in [0.1, 0.15) is 5.82 Å². The number of nitrogens with zero attached hydrogens (tertiary/aromatic N) is 2. The van der Waals surface area contributed by atoms with Crippen LogP contribution < -0.4 is 11.1 Å². The summed E-state index contributed by atoms with van der Waals surface area (Å²) >= 11 is 1.54. The Labute approximate surface area is 121 Å². The number of anilines is 2. The molecule has 7 heteroatoms. The van der Waals surface area contributed by atoms with Gasteiger partial charge in [-0.05, 0) is 31.5 Å². The zero-order valence-electron chi connectivity index (χ0n) is 11.2. The Bertz CT molecular complexity index is 584. The van der Waals surface area contributed by atoms with Gasteiger partial charge in [-0.15, -0.1) is 5.10 Å². The monoisotopic (exact) mass is 291 g/mol. The maximum atomic E-state index is 11.7. The number of thioether (sulfide) groups is 1. The smallest absolute Gasteiger partial charge is 0.224 e. The molecule has 20 heavy (non-hydrogen) atoms. The molecule has 6 nitrogen and oxygen atoms in total. The number of carbonyl (C=O) groups excluding carboxylic acids is 1. The number of benzene rings is 1. The topological polar surface area (TPSA) is 96.7 Å². The van der Waals surface area contributed by atoms with E-state index in [0.29, 0.717) is 12.1 Å². The lowest BCUT2D eigenvalue weighted by Gasteiger charge is -2.05. The van der Waals surface area contributed by atoms with Gasteiger partial charge in [-0.2, -0.15) is 0 Å². The van der Waals surface area contributed by atoms with Crippen LogP contribution in [-0.2, 0) is 4.79 Å². The van der Waals surface area contributed by atoms with E-state index in [1.165, 1.54) is 11.8 Å². The molecular weight excluding hydrogens is 274 g/mol. The Hall–Kier alpha value is -2.02. The van der Waals surface area contributed by atoms with Crippen LogP contribution in [0.15, 0.2) is 29.4 Å². The van der Waals surface area contributed by atoms with Crippen LogP contribution in [0.1, 0.15) is 18.7 Å². The highest BCUT2D eigenvalue weighted by Crippen LogP contribution is 2.15. The Kier molecular flexibility index (Phi) is 5.00. The lowest BCUT2D eigenvalue weighted by molar-refractivity contribution is -0.116. The highest BCUT2D eigenvalue weighted by molar-refractivity contribution is 7.99. The van der Waals surface area contributed by atoms with Crippen molar-refractivity contribution >= 4 is 29.0 Å². The Balaban J connectivity index is 1.67. The van der Waals surface area contributed by atoms with Gasteiger partial charge in [0.15, 0.2) is 0 Å². The van der Waals surface area contributed by atoms with Crippen LogP contribution in [0.4, 0.5) is 11.4 Å². The van der Waals surface area contributed by atoms with E-state index in [1.54, 1.807) is 12.1 Å². The first-order valence-corrected chi connectivity index (χ1v) is 7.29. The zero-order chi connectivity index (χ0) is 14.4. The average Bonchev–Trinajstić information content (AvgIpc) is 2.80. The van der Waals surface area contributed by atoms with E-state index >= 15 is 0 Å². The minimum atomic E-state index is -0.0117. The number of carbonyl (C=O) groups is 1. The van der Waals surface area contributed by atoms with Crippen LogP contribution in [0.25, 0.3) is 0 Å². The third-order valence-corrected chi connectivity index (χ3v) is 3.46. The maximum absolute atomic E-state index is 11.7. The van der Waals surface area contributed by atoms with Crippen LogP contribution in [0, 0.1) is 6.92 Å². The second-order valence-corrected chi connectivity index (χ2v) is 5.39. The van der Waals surface area contributed by atoms with E-state index in [1.807, 2.05) is 19.1 Å². The number of nitrogens with one attached hydrogen (secondary N) is 2. The summed E-state index contributed by atoms with van der Waals surface area (Å²) in [6, 6.07) is 7.15. The molecule has 106 valence electrons. The van der Waals surface area contributed by atoms with Crippen molar-refractivity contribution in [2.75, 3.05) is 16.8 Å². The Morgan fingerprint density at radius 1 is 1.50 bits per heavy atom. The number of hydrogen-bond donors (Lipinski definition) is 3. The SMILES string of the molecule is Cc1nc(SCCCC(=O)Nc2cccc(N)c2)n[nH]1. The molecule has 1 aromatic heterocycles. The minimum absolute atomic E-state index is 0.0117. The van der Waals surface area contributed by atoms with E-state index in [4.69, 9.17) is 5.73 Å². The molecule has 1 heterocycles. The van der Waals surface area contributed by atoms with E-state index in [9.17, 15) is 4.79 Å². The standard InChI is InChI=1S/C13H17N5OS/c1-9-15-13(18-17-9)20-7-3-6-12(19)16-11-5-2-4-10(14)8-11/h2,4-5,8H,3,6-7,14H2,1H3,(H,16,19)(H,15,17,18).